The number of nitrogens with zero attached hydrogens (tertiary/aromatic N) is 1. The Morgan fingerprint density at radius 1 is 1.47 bits per heavy atom. The van der Waals surface area contributed by atoms with Crippen LogP contribution < -0.4 is 5.73 Å². The Morgan fingerprint density at radius 3 is 2.73 bits per heavy atom. The maximum atomic E-state index is 5.85. The first-order valence-corrected chi connectivity index (χ1v) is 6.18. The molecule has 0 amide bonds. The summed E-state index contributed by atoms with van der Waals surface area (Å²) in [6.45, 7) is 5.18. The van der Waals surface area contributed by atoms with Gasteiger partial charge in [0.15, 0.2) is 0 Å². The van der Waals surface area contributed by atoms with E-state index in [4.69, 9.17) is 5.73 Å². The Bertz CT molecular complexity index is 314. The van der Waals surface area contributed by atoms with Crippen molar-refractivity contribution in [1.82, 2.24) is 4.98 Å². The average Bonchev–Trinajstić information content (AvgIpc) is 2.18. The summed E-state index contributed by atoms with van der Waals surface area (Å²) in [7, 11) is 0. The molecule has 1 atom stereocenters. The number of hydrogen-bond donors (Lipinski definition) is 1. The van der Waals surface area contributed by atoms with Gasteiger partial charge in [-0.2, -0.15) is 0 Å². The van der Waals surface area contributed by atoms with E-state index in [0.717, 1.165) is 23.9 Å². The second kappa shape index (κ2) is 5.61. The third-order valence-electron chi connectivity index (χ3n) is 2.74. The van der Waals surface area contributed by atoms with E-state index in [1.54, 1.807) is 0 Å². The fraction of sp³-hybridized carbons (Fsp3) is 0.583. The third kappa shape index (κ3) is 3.92. The first kappa shape index (κ1) is 12.7. The molecule has 2 N–H and O–H groups in total. The van der Waals surface area contributed by atoms with Crippen molar-refractivity contribution in [3.05, 3.63) is 28.5 Å². The van der Waals surface area contributed by atoms with Gasteiger partial charge in [-0.3, -0.25) is 4.98 Å². The summed E-state index contributed by atoms with van der Waals surface area (Å²) in [6.07, 6.45) is 7.08. The van der Waals surface area contributed by atoms with Gasteiger partial charge in [-0.05, 0) is 52.4 Å². The second-order valence-electron chi connectivity index (χ2n) is 4.45. The van der Waals surface area contributed by atoms with Crippen LogP contribution in [0.25, 0.3) is 0 Å². The molecular formula is C12H19BrN2. The van der Waals surface area contributed by atoms with Gasteiger partial charge in [-0.1, -0.05) is 20.3 Å². The molecule has 1 rings (SSSR count). The van der Waals surface area contributed by atoms with Gasteiger partial charge >= 0.3 is 0 Å². The molecular weight excluding hydrogens is 252 g/mol. The largest absolute Gasteiger partial charge is 0.330 e. The summed E-state index contributed by atoms with van der Waals surface area (Å²) in [6, 6.07) is 2.12. The van der Waals surface area contributed by atoms with Crippen LogP contribution in [0.3, 0.4) is 0 Å². The predicted octanol–water partition coefficient (Wildman–Crippen LogP) is 3.15. The molecule has 2 nitrogen and oxygen atoms in total. The number of hydrogen-bond acceptors (Lipinski definition) is 2. The van der Waals surface area contributed by atoms with Crippen molar-refractivity contribution in [2.75, 3.05) is 6.54 Å². The van der Waals surface area contributed by atoms with Gasteiger partial charge in [0, 0.05) is 16.9 Å². The zero-order chi connectivity index (χ0) is 11.3. The quantitative estimate of drug-likeness (QED) is 0.893. The summed E-state index contributed by atoms with van der Waals surface area (Å²) in [5, 5.41) is 0. The van der Waals surface area contributed by atoms with Gasteiger partial charge in [0.1, 0.15) is 0 Å². The number of halogens is 1. The van der Waals surface area contributed by atoms with Crippen LogP contribution in [0.1, 0.15) is 32.3 Å². The zero-order valence-electron chi connectivity index (χ0n) is 9.46. The highest BCUT2D eigenvalue weighted by atomic mass is 79.9. The smallest absolute Gasteiger partial charge is 0.0410 e. The van der Waals surface area contributed by atoms with Gasteiger partial charge in [-0.25, -0.2) is 0 Å². The Balaban J connectivity index is 2.74. The first-order chi connectivity index (χ1) is 7.09. The van der Waals surface area contributed by atoms with Crippen molar-refractivity contribution in [1.29, 1.82) is 0 Å². The molecule has 84 valence electrons. The number of nitrogens with two attached hydrogens (primary N) is 1. The molecule has 0 aromatic carbocycles. The van der Waals surface area contributed by atoms with Gasteiger partial charge in [0.2, 0.25) is 0 Å². The highest BCUT2D eigenvalue weighted by Crippen LogP contribution is 2.27. The number of pyridine rings is 1. The summed E-state index contributed by atoms with van der Waals surface area (Å²) >= 11 is 3.44. The molecule has 0 spiro atoms. The molecule has 0 fully saturated rings. The van der Waals surface area contributed by atoms with Crippen molar-refractivity contribution in [3.63, 3.8) is 0 Å². The fourth-order valence-electron chi connectivity index (χ4n) is 1.91. The minimum absolute atomic E-state index is 0.206. The van der Waals surface area contributed by atoms with Crippen LogP contribution in [0.4, 0.5) is 0 Å². The van der Waals surface area contributed by atoms with E-state index in [9.17, 15) is 0 Å². The van der Waals surface area contributed by atoms with Crippen LogP contribution in [0, 0.1) is 5.41 Å². The topological polar surface area (TPSA) is 38.9 Å². The Morgan fingerprint density at radius 2 is 2.20 bits per heavy atom. The molecule has 0 aliphatic rings. The predicted molar refractivity (Wildman–Crippen MR) is 67.7 cm³/mol. The molecule has 1 aromatic rings. The second-order valence-corrected chi connectivity index (χ2v) is 5.37. The zero-order valence-corrected chi connectivity index (χ0v) is 11.0. The van der Waals surface area contributed by atoms with Crippen molar-refractivity contribution >= 4 is 15.9 Å². The summed E-state index contributed by atoms with van der Waals surface area (Å²) < 4.78 is 1.04. The van der Waals surface area contributed by atoms with E-state index in [0.29, 0.717) is 0 Å². The molecule has 15 heavy (non-hydrogen) atoms. The number of rotatable bonds is 5. The van der Waals surface area contributed by atoms with Crippen LogP contribution >= 0.6 is 15.9 Å². The van der Waals surface area contributed by atoms with Gasteiger partial charge < -0.3 is 5.73 Å². The van der Waals surface area contributed by atoms with Crippen LogP contribution in [0.2, 0.25) is 0 Å². The molecule has 1 heterocycles. The molecule has 0 radical (unpaired) electrons. The molecule has 0 saturated carbocycles. The van der Waals surface area contributed by atoms with Crippen LogP contribution in [0.15, 0.2) is 22.9 Å². The van der Waals surface area contributed by atoms with E-state index in [1.165, 1.54) is 12.0 Å². The lowest BCUT2D eigenvalue weighted by Gasteiger charge is -2.27. The molecule has 1 aromatic heterocycles. The van der Waals surface area contributed by atoms with E-state index in [-0.39, 0.29) is 5.41 Å². The normalized spacial score (nSPS) is 14.9. The van der Waals surface area contributed by atoms with Crippen molar-refractivity contribution in [2.45, 2.75) is 33.1 Å². The van der Waals surface area contributed by atoms with E-state index < -0.39 is 0 Å². The van der Waals surface area contributed by atoms with Crippen LogP contribution in [-0.2, 0) is 6.42 Å². The Labute approximate surface area is 100 Å². The number of aromatic nitrogens is 1. The third-order valence-corrected chi connectivity index (χ3v) is 3.17. The molecule has 0 bridgehead atoms. The highest BCUT2D eigenvalue weighted by molar-refractivity contribution is 9.10. The molecule has 0 saturated heterocycles. The van der Waals surface area contributed by atoms with Gasteiger partial charge in [0.05, 0.1) is 0 Å². The minimum atomic E-state index is 0.206. The highest BCUT2D eigenvalue weighted by Gasteiger charge is 2.21. The van der Waals surface area contributed by atoms with Gasteiger partial charge in [0.25, 0.3) is 0 Å². The molecule has 3 heteroatoms. The van der Waals surface area contributed by atoms with Crippen molar-refractivity contribution in [2.24, 2.45) is 11.1 Å². The van der Waals surface area contributed by atoms with Crippen molar-refractivity contribution in [3.8, 4) is 0 Å². The minimum Gasteiger partial charge on any atom is -0.330 e. The van der Waals surface area contributed by atoms with Gasteiger partial charge in [-0.15, -0.1) is 0 Å². The maximum absolute atomic E-state index is 5.85. The molecule has 0 aliphatic heterocycles. The Hall–Kier alpha value is -0.410. The monoisotopic (exact) mass is 270 g/mol. The van der Waals surface area contributed by atoms with E-state index >= 15 is 0 Å². The van der Waals surface area contributed by atoms with E-state index in [2.05, 4.69) is 40.8 Å². The SMILES string of the molecule is CCCC(C)(CN)Cc1cncc(Br)c1. The average molecular weight is 271 g/mol. The lowest BCUT2D eigenvalue weighted by Crippen LogP contribution is -2.29. The lowest BCUT2D eigenvalue weighted by molar-refractivity contribution is 0.302. The molecule has 0 aliphatic carbocycles. The Kier molecular flexibility index (Phi) is 4.74. The van der Waals surface area contributed by atoms with E-state index in [1.807, 2.05) is 12.4 Å². The lowest BCUT2D eigenvalue weighted by atomic mass is 9.80. The van der Waals surface area contributed by atoms with Crippen LogP contribution in [0.5, 0.6) is 0 Å². The fourth-order valence-corrected chi connectivity index (χ4v) is 2.32. The first-order valence-electron chi connectivity index (χ1n) is 5.39. The van der Waals surface area contributed by atoms with Crippen LogP contribution in [-0.4, -0.2) is 11.5 Å². The summed E-state index contributed by atoms with van der Waals surface area (Å²) in [5.41, 5.74) is 7.31. The summed E-state index contributed by atoms with van der Waals surface area (Å²) in [4.78, 5) is 4.18. The maximum Gasteiger partial charge on any atom is 0.0410 e. The standard InChI is InChI=1S/C12H19BrN2/c1-3-4-12(2,9-14)6-10-5-11(13)8-15-7-10/h5,7-8H,3-4,6,9,14H2,1-2H3. The van der Waals surface area contributed by atoms with Crippen molar-refractivity contribution < 1.29 is 0 Å². The molecule has 1 unspecified atom stereocenters. The summed E-state index contributed by atoms with van der Waals surface area (Å²) in [5.74, 6) is 0.